The van der Waals surface area contributed by atoms with Crippen molar-refractivity contribution in [3.63, 3.8) is 0 Å². The quantitative estimate of drug-likeness (QED) is 0.809. The lowest BCUT2D eigenvalue weighted by molar-refractivity contribution is 0.102. The fourth-order valence-electron chi connectivity index (χ4n) is 2.07. The number of aryl methyl sites for hydroxylation is 1. The van der Waals surface area contributed by atoms with Crippen molar-refractivity contribution in [3.8, 4) is 0 Å². The number of sulfone groups is 1. The number of amides is 1. The van der Waals surface area contributed by atoms with Gasteiger partial charge in [0.25, 0.3) is 5.91 Å². The standard InChI is InChI=1S/C12H9ClN2O3S/c1-15-5-8-11(6-15)19(17,18)10-4-7(13)2-3-9(10)14-12(8)16/h2-6H,1H3,(H,14,16). The van der Waals surface area contributed by atoms with Crippen molar-refractivity contribution in [2.45, 2.75) is 9.79 Å². The maximum Gasteiger partial charge on any atom is 0.258 e. The van der Waals surface area contributed by atoms with Gasteiger partial charge in [-0.05, 0) is 18.2 Å². The predicted octanol–water partition coefficient (Wildman–Crippen LogP) is 2.08. The first-order valence-electron chi connectivity index (χ1n) is 5.41. The third-order valence-corrected chi connectivity index (χ3v) is 4.99. The predicted molar refractivity (Wildman–Crippen MR) is 70.3 cm³/mol. The minimum Gasteiger partial charge on any atom is -0.355 e. The summed E-state index contributed by atoms with van der Waals surface area (Å²) in [5.74, 6) is -0.444. The summed E-state index contributed by atoms with van der Waals surface area (Å²) in [6, 6.07) is 4.36. The minimum atomic E-state index is -3.76. The van der Waals surface area contributed by atoms with Crippen molar-refractivity contribution in [2.24, 2.45) is 7.05 Å². The smallest absolute Gasteiger partial charge is 0.258 e. The highest BCUT2D eigenvalue weighted by atomic mass is 35.5. The zero-order chi connectivity index (χ0) is 13.8. The summed E-state index contributed by atoms with van der Waals surface area (Å²) >= 11 is 5.84. The van der Waals surface area contributed by atoms with Crippen LogP contribution in [0, 0.1) is 0 Å². The van der Waals surface area contributed by atoms with E-state index in [0.717, 1.165) is 0 Å². The van der Waals surface area contributed by atoms with Crippen molar-refractivity contribution in [1.82, 2.24) is 4.57 Å². The van der Waals surface area contributed by atoms with Gasteiger partial charge in [-0.15, -0.1) is 0 Å². The van der Waals surface area contributed by atoms with Crippen molar-refractivity contribution in [3.05, 3.63) is 41.2 Å². The number of benzene rings is 1. The molecular formula is C12H9ClN2O3S. The first-order valence-corrected chi connectivity index (χ1v) is 7.27. The molecule has 7 heteroatoms. The second-order valence-corrected chi connectivity index (χ2v) is 6.62. The number of nitrogens with zero attached hydrogens (tertiary/aromatic N) is 1. The number of hydrogen-bond donors (Lipinski definition) is 1. The monoisotopic (exact) mass is 296 g/mol. The van der Waals surface area contributed by atoms with Crippen LogP contribution in [0.3, 0.4) is 0 Å². The maximum absolute atomic E-state index is 12.6. The highest BCUT2D eigenvalue weighted by Crippen LogP contribution is 2.35. The molecule has 98 valence electrons. The molecule has 0 atom stereocenters. The average molecular weight is 297 g/mol. The molecule has 1 aliphatic heterocycles. The molecule has 0 aliphatic carbocycles. The molecule has 1 amide bonds. The summed E-state index contributed by atoms with van der Waals surface area (Å²) in [6.45, 7) is 0. The highest BCUT2D eigenvalue weighted by molar-refractivity contribution is 7.91. The van der Waals surface area contributed by atoms with E-state index >= 15 is 0 Å². The van der Waals surface area contributed by atoms with Gasteiger partial charge >= 0.3 is 0 Å². The Morgan fingerprint density at radius 3 is 2.68 bits per heavy atom. The van der Waals surface area contributed by atoms with E-state index in [-0.39, 0.29) is 21.0 Å². The number of fused-ring (bicyclic) bond motifs is 2. The van der Waals surface area contributed by atoms with Gasteiger partial charge in [0.05, 0.1) is 16.1 Å². The third kappa shape index (κ3) is 1.75. The van der Waals surface area contributed by atoms with Gasteiger partial charge in [0.2, 0.25) is 9.84 Å². The summed E-state index contributed by atoms with van der Waals surface area (Å²) in [5, 5.41) is 2.89. The molecule has 0 bridgehead atoms. The van der Waals surface area contributed by atoms with E-state index in [9.17, 15) is 13.2 Å². The van der Waals surface area contributed by atoms with E-state index in [2.05, 4.69) is 5.32 Å². The number of rotatable bonds is 0. The van der Waals surface area contributed by atoms with Crippen molar-refractivity contribution >= 4 is 33.0 Å². The normalized spacial score (nSPS) is 16.2. The Bertz CT molecular complexity index is 808. The zero-order valence-electron chi connectivity index (χ0n) is 9.84. The van der Waals surface area contributed by atoms with Crippen molar-refractivity contribution < 1.29 is 13.2 Å². The molecule has 2 heterocycles. The Kier molecular flexibility index (Phi) is 2.48. The highest BCUT2D eigenvalue weighted by Gasteiger charge is 2.32. The molecule has 1 aliphatic rings. The van der Waals surface area contributed by atoms with Crippen LogP contribution in [0.2, 0.25) is 5.02 Å². The van der Waals surface area contributed by atoms with Crippen LogP contribution < -0.4 is 5.32 Å². The molecule has 2 aromatic rings. The number of aromatic nitrogens is 1. The lowest BCUT2D eigenvalue weighted by Gasteiger charge is -2.07. The van der Waals surface area contributed by atoms with Gasteiger partial charge in [-0.2, -0.15) is 0 Å². The Hall–Kier alpha value is -1.79. The summed E-state index contributed by atoms with van der Waals surface area (Å²) < 4.78 is 26.7. The van der Waals surface area contributed by atoms with E-state index in [1.165, 1.54) is 35.2 Å². The van der Waals surface area contributed by atoms with Gasteiger partial charge in [-0.1, -0.05) is 11.6 Å². The Balaban J connectivity index is 2.40. The maximum atomic E-state index is 12.6. The number of halogens is 1. The fourth-order valence-corrected chi connectivity index (χ4v) is 3.98. The van der Waals surface area contributed by atoms with Gasteiger partial charge in [0.1, 0.15) is 4.90 Å². The average Bonchev–Trinajstić information content (AvgIpc) is 2.71. The lowest BCUT2D eigenvalue weighted by Crippen LogP contribution is -2.10. The zero-order valence-corrected chi connectivity index (χ0v) is 11.4. The number of hydrogen-bond acceptors (Lipinski definition) is 3. The van der Waals surface area contributed by atoms with Gasteiger partial charge in [0, 0.05) is 24.5 Å². The van der Waals surface area contributed by atoms with Crippen LogP contribution in [-0.4, -0.2) is 18.9 Å². The second kappa shape index (κ2) is 3.85. The van der Waals surface area contributed by atoms with E-state index in [1.54, 1.807) is 7.05 Å². The molecule has 0 radical (unpaired) electrons. The molecule has 5 nitrogen and oxygen atoms in total. The van der Waals surface area contributed by atoms with Gasteiger partial charge in [0.15, 0.2) is 0 Å². The molecular weight excluding hydrogens is 288 g/mol. The molecule has 0 saturated carbocycles. The molecule has 1 N–H and O–H groups in total. The van der Waals surface area contributed by atoms with E-state index in [1.807, 2.05) is 0 Å². The number of nitrogens with one attached hydrogen (secondary N) is 1. The van der Waals surface area contributed by atoms with Crippen LogP contribution in [0.5, 0.6) is 0 Å². The minimum absolute atomic E-state index is 0.00600. The number of carbonyl (C=O) groups excluding carboxylic acids is 1. The van der Waals surface area contributed by atoms with Gasteiger partial charge in [-0.25, -0.2) is 8.42 Å². The topological polar surface area (TPSA) is 68.2 Å². The second-order valence-electron chi connectivity index (χ2n) is 4.30. The Morgan fingerprint density at radius 1 is 1.21 bits per heavy atom. The molecule has 0 spiro atoms. The first kappa shape index (κ1) is 12.3. The van der Waals surface area contributed by atoms with E-state index in [0.29, 0.717) is 5.02 Å². The number of anilines is 1. The first-order chi connectivity index (χ1) is 8.89. The van der Waals surface area contributed by atoms with Crippen LogP contribution in [0.4, 0.5) is 5.69 Å². The Morgan fingerprint density at radius 2 is 1.95 bits per heavy atom. The largest absolute Gasteiger partial charge is 0.355 e. The van der Waals surface area contributed by atoms with Gasteiger partial charge in [-0.3, -0.25) is 4.79 Å². The summed E-state index contributed by atoms with van der Waals surface area (Å²) in [6.07, 6.45) is 2.90. The van der Waals surface area contributed by atoms with Crippen LogP contribution >= 0.6 is 11.6 Å². The van der Waals surface area contributed by atoms with Crippen LogP contribution in [0.15, 0.2) is 40.4 Å². The molecule has 0 fully saturated rings. The van der Waals surface area contributed by atoms with Crippen LogP contribution in [0.25, 0.3) is 0 Å². The van der Waals surface area contributed by atoms with E-state index < -0.39 is 15.7 Å². The summed E-state index contributed by atoms with van der Waals surface area (Å²) in [5.41, 5.74) is 0.378. The lowest BCUT2D eigenvalue weighted by atomic mass is 10.3. The Labute approximate surface area is 114 Å². The summed E-state index contributed by atoms with van der Waals surface area (Å²) in [7, 11) is -2.10. The fraction of sp³-hybridized carbons (Fsp3) is 0.0833. The van der Waals surface area contributed by atoms with Crippen LogP contribution in [0.1, 0.15) is 10.4 Å². The van der Waals surface area contributed by atoms with Crippen molar-refractivity contribution in [2.75, 3.05) is 5.32 Å². The number of carbonyl (C=O) groups is 1. The molecule has 0 unspecified atom stereocenters. The third-order valence-electron chi connectivity index (χ3n) is 2.93. The molecule has 0 saturated heterocycles. The summed E-state index contributed by atoms with van der Waals surface area (Å²) in [4.78, 5) is 12.0. The molecule has 1 aromatic heterocycles. The molecule has 3 rings (SSSR count). The van der Waals surface area contributed by atoms with E-state index in [4.69, 9.17) is 11.6 Å². The van der Waals surface area contributed by atoms with Gasteiger partial charge < -0.3 is 9.88 Å². The molecule has 1 aromatic carbocycles. The molecule has 19 heavy (non-hydrogen) atoms. The van der Waals surface area contributed by atoms with Crippen molar-refractivity contribution in [1.29, 1.82) is 0 Å². The SMILES string of the molecule is Cn1cc2c(c1)S(=O)(=O)c1cc(Cl)ccc1NC2=O. The van der Waals surface area contributed by atoms with Crippen LogP contribution in [-0.2, 0) is 16.9 Å².